The molecule has 1 heterocycles. The van der Waals surface area contributed by atoms with Gasteiger partial charge < -0.3 is 20.3 Å². The van der Waals surface area contributed by atoms with Gasteiger partial charge in [-0.25, -0.2) is 4.79 Å². The molecule has 138 valence electrons. The summed E-state index contributed by atoms with van der Waals surface area (Å²) in [5, 5.41) is 5.21. The van der Waals surface area contributed by atoms with E-state index in [-0.39, 0.29) is 24.3 Å². The van der Waals surface area contributed by atoms with E-state index in [9.17, 15) is 14.4 Å². The number of rotatable bonds is 5. The molecule has 0 aliphatic carbocycles. The maximum absolute atomic E-state index is 12.3. The van der Waals surface area contributed by atoms with Gasteiger partial charge >= 0.3 is 6.09 Å². The van der Waals surface area contributed by atoms with Crippen molar-refractivity contribution >= 4 is 17.9 Å². The zero-order valence-corrected chi connectivity index (χ0v) is 15.5. The van der Waals surface area contributed by atoms with E-state index in [0.717, 1.165) is 32.4 Å². The van der Waals surface area contributed by atoms with Crippen LogP contribution >= 0.6 is 0 Å². The van der Waals surface area contributed by atoms with Crippen molar-refractivity contribution in [2.45, 2.75) is 65.5 Å². The van der Waals surface area contributed by atoms with Gasteiger partial charge in [-0.2, -0.15) is 0 Å². The summed E-state index contributed by atoms with van der Waals surface area (Å²) in [4.78, 5) is 38.1. The molecule has 1 atom stereocenters. The van der Waals surface area contributed by atoms with Gasteiger partial charge in [0.15, 0.2) is 0 Å². The third-order valence-corrected chi connectivity index (χ3v) is 3.74. The molecule has 24 heavy (non-hydrogen) atoms. The summed E-state index contributed by atoms with van der Waals surface area (Å²) in [7, 11) is 0. The van der Waals surface area contributed by atoms with Crippen LogP contribution in [0.3, 0.4) is 0 Å². The Kier molecular flexibility index (Phi) is 7.51. The maximum Gasteiger partial charge on any atom is 0.408 e. The molecule has 1 unspecified atom stereocenters. The average Bonchev–Trinajstić information content (AvgIpc) is 2.48. The summed E-state index contributed by atoms with van der Waals surface area (Å²) in [5.74, 6) is -0.577. The lowest BCUT2D eigenvalue weighted by Crippen LogP contribution is -2.52. The summed E-state index contributed by atoms with van der Waals surface area (Å²) in [6, 6.07) is -0.742. The number of carbonyl (C=O) groups is 3. The number of nitrogens with zero attached hydrogens (tertiary/aromatic N) is 1. The summed E-state index contributed by atoms with van der Waals surface area (Å²) >= 11 is 0. The smallest absolute Gasteiger partial charge is 0.408 e. The number of hydrogen-bond donors (Lipinski definition) is 2. The number of amides is 3. The van der Waals surface area contributed by atoms with Crippen LogP contribution in [-0.4, -0.2) is 54.1 Å². The third kappa shape index (κ3) is 7.19. The predicted molar refractivity (Wildman–Crippen MR) is 91.4 cm³/mol. The number of carbonyl (C=O) groups excluding carboxylic acids is 3. The Bertz CT molecular complexity index is 451. The number of alkyl carbamates (subject to hydrolysis) is 1. The molecule has 0 spiro atoms. The van der Waals surface area contributed by atoms with Gasteiger partial charge in [0, 0.05) is 13.1 Å². The van der Waals surface area contributed by atoms with Crippen LogP contribution in [0.2, 0.25) is 0 Å². The number of piperidine rings is 1. The van der Waals surface area contributed by atoms with Crippen molar-refractivity contribution < 1.29 is 19.1 Å². The lowest BCUT2D eigenvalue weighted by molar-refractivity contribution is -0.134. The van der Waals surface area contributed by atoms with Gasteiger partial charge in [-0.1, -0.05) is 13.8 Å². The van der Waals surface area contributed by atoms with E-state index in [4.69, 9.17) is 4.74 Å². The van der Waals surface area contributed by atoms with E-state index in [2.05, 4.69) is 10.6 Å². The van der Waals surface area contributed by atoms with Crippen LogP contribution in [0, 0.1) is 5.92 Å². The molecule has 0 aromatic heterocycles. The molecule has 1 fully saturated rings. The molecule has 0 aromatic carbocycles. The second-order valence-electron chi connectivity index (χ2n) is 7.53. The molecule has 3 amide bonds. The highest BCUT2D eigenvalue weighted by Gasteiger charge is 2.27. The van der Waals surface area contributed by atoms with Crippen molar-refractivity contribution in [2.75, 3.05) is 19.6 Å². The van der Waals surface area contributed by atoms with Crippen LogP contribution in [0.25, 0.3) is 0 Å². The van der Waals surface area contributed by atoms with Crippen molar-refractivity contribution in [3.63, 3.8) is 0 Å². The van der Waals surface area contributed by atoms with Crippen molar-refractivity contribution in [1.82, 2.24) is 15.5 Å². The van der Waals surface area contributed by atoms with Crippen LogP contribution in [0.1, 0.15) is 53.9 Å². The number of hydrogen-bond acceptors (Lipinski definition) is 4. The van der Waals surface area contributed by atoms with Crippen LogP contribution in [-0.2, 0) is 14.3 Å². The van der Waals surface area contributed by atoms with Crippen molar-refractivity contribution in [1.29, 1.82) is 0 Å². The van der Waals surface area contributed by atoms with E-state index >= 15 is 0 Å². The fourth-order valence-corrected chi connectivity index (χ4v) is 2.50. The minimum absolute atomic E-state index is 0.0436. The van der Waals surface area contributed by atoms with Crippen molar-refractivity contribution in [2.24, 2.45) is 5.92 Å². The highest BCUT2D eigenvalue weighted by Crippen LogP contribution is 2.10. The molecule has 7 nitrogen and oxygen atoms in total. The maximum atomic E-state index is 12.3. The molecule has 1 aliphatic heterocycles. The predicted octanol–water partition coefficient (Wildman–Crippen LogP) is 1.66. The van der Waals surface area contributed by atoms with Gasteiger partial charge in [0.2, 0.25) is 11.8 Å². The Morgan fingerprint density at radius 1 is 1.08 bits per heavy atom. The Balaban J connectivity index is 2.50. The Morgan fingerprint density at radius 2 is 1.67 bits per heavy atom. The average molecular weight is 341 g/mol. The molecule has 7 heteroatoms. The first-order valence-electron chi connectivity index (χ1n) is 8.65. The first kappa shape index (κ1) is 20.3. The number of nitrogens with one attached hydrogen (secondary N) is 2. The van der Waals surface area contributed by atoms with E-state index in [1.165, 1.54) is 0 Å². The summed E-state index contributed by atoms with van der Waals surface area (Å²) in [6.07, 6.45) is 2.52. The van der Waals surface area contributed by atoms with Gasteiger partial charge in [0.25, 0.3) is 0 Å². The number of likely N-dealkylation sites (tertiary alicyclic amines) is 1. The standard InChI is InChI=1S/C17H31N3O4/c1-12(2)14(19-16(23)24-17(3,4)5)15(22)18-11-13(21)20-9-7-6-8-10-20/h12,14H,6-11H2,1-5H3,(H,18,22)(H,19,23). The molecular formula is C17H31N3O4. The Morgan fingerprint density at radius 3 is 2.17 bits per heavy atom. The zero-order valence-electron chi connectivity index (χ0n) is 15.5. The van der Waals surface area contributed by atoms with Crippen LogP contribution in [0.4, 0.5) is 4.79 Å². The quantitative estimate of drug-likeness (QED) is 0.796. The zero-order chi connectivity index (χ0) is 18.3. The van der Waals surface area contributed by atoms with Crippen LogP contribution < -0.4 is 10.6 Å². The van der Waals surface area contributed by atoms with E-state index in [1.54, 1.807) is 25.7 Å². The SMILES string of the molecule is CC(C)C(NC(=O)OC(C)(C)C)C(=O)NCC(=O)N1CCCCC1. The Labute approximate surface area is 144 Å². The lowest BCUT2D eigenvalue weighted by Gasteiger charge is -2.28. The second kappa shape index (κ2) is 8.89. The molecule has 1 saturated heterocycles. The fourth-order valence-electron chi connectivity index (χ4n) is 2.50. The third-order valence-electron chi connectivity index (χ3n) is 3.74. The lowest BCUT2D eigenvalue weighted by atomic mass is 10.0. The molecule has 2 N–H and O–H groups in total. The van der Waals surface area contributed by atoms with Gasteiger partial charge in [0.05, 0.1) is 6.54 Å². The number of ether oxygens (including phenoxy) is 1. The fraction of sp³-hybridized carbons (Fsp3) is 0.824. The van der Waals surface area contributed by atoms with E-state index in [0.29, 0.717) is 0 Å². The molecule has 0 bridgehead atoms. The van der Waals surface area contributed by atoms with Crippen LogP contribution in [0.5, 0.6) is 0 Å². The molecule has 0 saturated carbocycles. The molecular weight excluding hydrogens is 310 g/mol. The Hall–Kier alpha value is -1.79. The molecule has 1 rings (SSSR count). The minimum atomic E-state index is -0.742. The molecule has 1 aliphatic rings. The summed E-state index contributed by atoms with van der Waals surface area (Å²) in [5.41, 5.74) is -0.633. The monoisotopic (exact) mass is 341 g/mol. The van der Waals surface area contributed by atoms with Gasteiger partial charge in [-0.3, -0.25) is 9.59 Å². The first-order valence-corrected chi connectivity index (χ1v) is 8.65. The normalized spacial score (nSPS) is 16.5. The van der Waals surface area contributed by atoms with Gasteiger partial charge in [0.1, 0.15) is 11.6 Å². The van der Waals surface area contributed by atoms with Crippen molar-refractivity contribution in [3.05, 3.63) is 0 Å². The topological polar surface area (TPSA) is 87.7 Å². The van der Waals surface area contributed by atoms with E-state index < -0.39 is 17.7 Å². The molecule has 0 aromatic rings. The summed E-state index contributed by atoms with van der Waals surface area (Å²) < 4.78 is 5.18. The molecule has 0 radical (unpaired) electrons. The second-order valence-corrected chi connectivity index (χ2v) is 7.53. The summed E-state index contributed by atoms with van der Waals surface area (Å²) in [6.45, 7) is 10.4. The van der Waals surface area contributed by atoms with Crippen molar-refractivity contribution in [3.8, 4) is 0 Å². The van der Waals surface area contributed by atoms with Gasteiger partial charge in [-0.15, -0.1) is 0 Å². The minimum Gasteiger partial charge on any atom is -0.444 e. The highest BCUT2D eigenvalue weighted by molar-refractivity contribution is 5.89. The highest BCUT2D eigenvalue weighted by atomic mass is 16.6. The van der Waals surface area contributed by atoms with E-state index in [1.807, 2.05) is 13.8 Å². The van der Waals surface area contributed by atoms with Crippen LogP contribution in [0.15, 0.2) is 0 Å². The largest absolute Gasteiger partial charge is 0.444 e. The van der Waals surface area contributed by atoms with Gasteiger partial charge in [-0.05, 0) is 46.0 Å². The first-order chi connectivity index (χ1) is 11.1.